The number of carbonyl (C=O) groups is 1. The van der Waals surface area contributed by atoms with Crippen LogP contribution < -0.4 is 4.74 Å². The van der Waals surface area contributed by atoms with Crippen LogP contribution in [-0.4, -0.2) is 17.7 Å². The molecule has 3 heteroatoms. The van der Waals surface area contributed by atoms with Crippen LogP contribution in [0, 0.1) is 5.41 Å². The maximum absolute atomic E-state index is 11.0. The molecule has 0 spiro atoms. The van der Waals surface area contributed by atoms with E-state index in [0.717, 1.165) is 17.6 Å². The summed E-state index contributed by atoms with van der Waals surface area (Å²) in [6.45, 7) is 4.02. The highest BCUT2D eigenvalue weighted by Crippen LogP contribution is 2.24. The Morgan fingerprint density at radius 3 is 2.55 bits per heavy atom. The predicted molar refractivity (Wildman–Crippen MR) is 80.1 cm³/mol. The minimum Gasteiger partial charge on any atom is -0.494 e. The molecule has 0 bridgehead atoms. The van der Waals surface area contributed by atoms with Crippen LogP contribution in [0.15, 0.2) is 42.5 Å². The second kappa shape index (κ2) is 5.95. The second-order valence-electron chi connectivity index (χ2n) is 5.65. The molecule has 0 fully saturated rings. The van der Waals surface area contributed by atoms with E-state index in [-0.39, 0.29) is 0 Å². The topological polar surface area (TPSA) is 46.5 Å². The molecule has 0 radical (unpaired) electrons. The zero-order chi connectivity index (χ0) is 14.6. The number of aliphatic carboxylic acids is 1. The van der Waals surface area contributed by atoms with E-state index in [9.17, 15) is 4.79 Å². The molecule has 0 heterocycles. The Bertz CT molecular complexity index is 602. The first-order valence-corrected chi connectivity index (χ1v) is 6.84. The predicted octanol–water partition coefficient (Wildman–Crippen LogP) is 4.11. The van der Waals surface area contributed by atoms with Crippen molar-refractivity contribution in [3.63, 3.8) is 0 Å². The van der Waals surface area contributed by atoms with Crippen molar-refractivity contribution in [1.29, 1.82) is 0 Å². The van der Waals surface area contributed by atoms with Crippen LogP contribution in [0.1, 0.15) is 26.7 Å². The van der Waals surface area contributed by atoms with Crippen LogP contribution in [0.2, 0.25) is 0 Å². The average Bonchev–Trinajstić information content (AvgIpc) is 2.43. The first-order valence-electron chi connectivity index (χ1n) is 6.84. The largest absolute Gasteiger partial charge is 0.494 e. The Labute approximate surface area is 119 Å². The maximum Gasteiger partial charge on any atom is 0.309 e. The van der Waals surface area contributed by atoms with Crippen molar-refractivity contribution in [2.24, 2.45) is 5.41 Å². The molecule has 1 N–H and O–H groups in total. The molecule has 106 valence electrons. The van der Waals surface area contributed by atoms with Gasteiger partial charge in [0.25, 0.3) is 0 Å². The SMILES string of the molecule is CC(C)(CCCOc1ccc2ccccc2c1)C(=O)O. The lowest BCUT2D eigenvalue weighted by atomic mass is 9.88. The molecule has 0 saturated carbocycles. The van der Waals surface area contributed by atoms with Crippen molar-refractivity contribution in [2.75, 3.05) is 6.61 Å². The van der Waals surface area contributed by atoms with Crippen molar-refractivity contribution >= 4 is 16.7 Å². The molecule has 3 nitrogen and oxygen atoms in total. The molecule has 20 heavy (non-hydrogen) atoms. The van der Waals surface area contributed by atoms with Gasteiger partial charge in [-0.05, 0) is 49.6 Å². The molecule has 0 atom stereocenters. The zero-order valence-corrected chi connectivity index (χ0v) is 11.9. The summed E-state index contributed by atoms with van der Waals surface area (Å²) in [5.74, 6) is 0.0695. The number of hydrogen-bond donors (Lipinski definition) is 1. The standard InChI is InChI=1S/C17H20O3/c1-17(2,16(18)19)10-5-11-20-15-9-8-13-6-3-4-7-14(13)12-15/h3-4,6-9,12H,5,10-11H2,1-2H3,(H,18,19). The van der Waals surface area contributed by atoms with Crippen LogP contribution >= 0.6 is 0 Å². The number of rotatable bonds is 6. The number of carboxylic acids is 1. The molecule has 0 saturated heterocycles. The summed E-state index contributed by atoms with van der Waals surface area (Å²) in [7, 11) is 0. The maximum atomic E-state index is 11.0. The van der Waals surface area contributed by atoms with Gasteiger partial charge in [0.05, 0.1) is 12.0 Å². The molecule has 2 aromatic rings. The highest BCUT2D eigenvalue weighted by atomic mass is 16.5. The Balaban J connectivity index is 1.88. The van der Waals surface area contributed by atoms with E-state index in [1.807, 2.05) is 30.3 Å². The lowest BCUT2D eigenvalue weighted by molar-refractivity contribution is -0.147. The second-order valence-corrected chi connectivity index (χ2v) is 5.65. The number of hydrogen-bond acceptors (Lipinski definition) is 2. The van der Waals surface area contributed by atoms with E-state index in [2.05, 4.69) is 12.1 Å². The minimum absolute atomic E-state index is 0.537. The molecular formula is C17H20O3. The molecule has 2 rings (SSSR count). The van der Waals surface area contributed by atoms with E-state index in [4.69, 9.17) is 9.84 Å². The summed E-state index contributed by atoms with van der Waals surface area (Å²) < 4.78 is 5.70. The van der Waals surface area contributed by atoms with Gasteiger partial charge in [-0.25, -0.2) is 0 Å². The van der Waals surface area contributed by atoms with Gasteiger partial charge in [0.1, 0.15) is 5.75 Å². The number of carboxylic acid groups (broad SMARTS) is 1. The third-order valence-electron chi connectivity index (χ3n) is 3.51. The van der Waals surface area contributed by atoms with Crippen LogP contribution in [0.25, 0.3) is 10.8 Å². The van der Waals surface area contributed by atoms with Crippen LogP contribution in [-0.2, 0) is 4.79 Å². The molecular weight excluding hydrogens is 252 g/mol. The van der Waals surface area contributed by atoms with Gasteiger partial charge in [0.15, 0.2) is 0 Å². The van der Waals surface area contributed by atoms with E-state index >= 15 is 0 Å². The molecule has 2 aromatic carbocycles. The summed E-state index contributed by atoms with van der Waals surface area (Å²) in [6.07, 6.45) is 1.34. The Hall–Kier alpha value is -2.03. The molecule has 0 aliphatic heterocycles. The molecule has 0 aliphatic rings. The lowest BCUT2D eigenvalue weighted by Gasteiger charge is -2.18. The Morgan fingerprint density at radius 2 is 1.85 bits per heavy atom. The third-order valence-corrected chi connectivity index (χ3v) is 3.51. The van der Waals surface area contributed by atoms with Crippen molar-refractivity contribution in [3.05, 3.63) is 42.5 Å². The van der Waals surface area contributed by atoms with Gasteiger partial charge in [-0.15, -0.1) is 0 Å². The number of fused-ring (bicyclic) bond motifs is 1. The van der Waals surface area contributed by atoms with Gasteiger partial charge < -0.3 is 9.84 Å². The normalized spacial score (nSPS) is 11.5. The first kappa shape index (κ1) is 14.4. The molecule has 0 aliphatic carbocycles. The van der Waals surface area contributed by atoms with Gasteiger partial charge >= 0.3 is 5.97 Å². The molecule has 0 amide bonds. The van der Waals surface area contributed by atoms with Crippen LogP contribution in [0.5, 0.6) is 5.75 Å². The third kappa shape index (κ3) is 3.50. The van der Waals surface area contributed by atoms with Crippen LogP contribution in [0.4, 0.5) is 0 Å². The lowest BCUT2D eigenvalue weighted by Crippen LogP contribution is -2.24. The summed E-state index contributed by atoms with van der Waals surface area (Å²) in [5, 5.41) is 11.4. The van der Waals surface area contributed by atoms with Crippen molar-refractivity contribution in [1.82, 2.24) is 0 Å². The van der Waals surface area contributed by atoms with Gasteiger partial charge in [-0.2, -0.15) is 0 Å². The first-order chi connectivity index (χ1) is 9.49. The van der Waals surface area contributed by atoms with E-state index < -0.39 is 11.4 Å². The van der Waals surface area contributed by atoms with Crippen molar-refractivity contribution in [3.8, 4) is 5.75 Å². The smallest absolute Gasteiger partial charge is 0.309 e. The van der Waals surface area contributed by atoms with Crippen LogP contribution in [0.3, 0.4) is 0 Å². The highest BCUT2D eigenvalue weighted by molar-refractivity contribution is 5.83. The van der Waals surface area contributed by atoms with E-state index in [0.29, 0.717) is 13.0 Å². The average molecular weight is 272 g/mol. The fourth-order valence-corrected chi connectivity index (χ4v) is 2.07. The van der Waals surface area contributed by atoms with E-state index in [1.54, 1.807) is 13.8 Å². The monoisotopic (exact) mass is 272 g/mol. The van der Waals surface area contributed by atoms with Gasteiger partial charge in [-0.1, -0.05) is 30.3 Å². The Kier molecular flexibility index (Phi) is 4.28. The summed E-state index contributed by atoms with van der Waals surface area (Å²) in [6, 6.07) is 14.1. The molecule has 0 unspecified atom stereocenters. The van der Waals surface area contributed by atoms with Gasteiger partial charge in [-0.3, -0.25) is 4.79 Å². The quantitative estimate of drug-likeness (QED) is 0.805. The minimum atomic E-state index is -0.761. The fourth-order valence-electron chi connectivity index (χ4n) is 2.07. The summed E-state index contributed by atoms with van der Waals surface area (Å²) in [5.41, 5.74) is -0.688. The highest BCUT2D eigenvalue weighted by Gasteiger charge is 2.26. The number of ether oxygens (including phenoxy) is 1. The summed E-state index contributed by atoms with van der Waals surface area (Å²) >= 11 is 0. The molecule has 0 aromatic heterocycles. The van der Waals surface area contributed by atoms with Crippen molar-refractivity contribution in [2.45, 2.75) is 26.7 Å². The van der Waals surface area contributed by atoms with Crippen molar-refractivity contribution < 1.29 is 14.6 Å². The van der Waals surface area contributed by atoms with Gasteiger partial charge in [0.2, 0.25) is 0 Å². The number of benzene rings is 2. The Morgan fingerprint density at radius 1 is 1.15 bits per heavy atom. The summed E-state index contributed by atoms with van der Waals surface area (Å²) in [4.78, 5) is 11.0. The fraction of sp³-hybridized carbons (Fsp3) is 0.353. The van der Waals surface area contributed by atoms with Gasteiger partial charge in [0, 0.05) is 0 Å². The van der Waals surface area contributed by atoms with E-state index in [1.165, 1.54) is 5.39 Å². The zero-order valence-electron chi connectivity index (χ0n) is 11.9.